The Balaban J connectivity index is 2.62. The number of carboxylic acids is 1. The van der Waals surface area contributed by atoms with Gasteiger partial charge in [0, 0.05) is 0 Å². The van der Waals surface area contributed by atoms with E-state index < -0.39 is 22.0 Å². The first kappa shape index (κ1) is 14.4. The average molecular weight is 263 g/mol. The third-order valence-electron chi connectivity index (χ3n) is 3.33. The quantitative estimate of drug-likeness (QED) is 0.784. The Kier molecular flexibility index (Phi) is 4.55. The molecule has 0 aromatic heterocycles. The lowest BCUT2D eigenvalue weighted by molar-refractivity contribution is -0.138. The smallest absolute Gasteiger partial charge is 0.321 e. The lowest BCUT2D eigenvalue weighted by atomic mass is 9.77. The van der Waals surface area contributed by atoms with Crippen molar-refractivity contribution in [3.63, 3.8) is 0 Å². The molecule has 0 radical (unpaired) electrons. The van der Waals surface area contributed by atoms with Gasteiger partial charge in [0.15, 0.2) is 0 Å². The van der Waals surface area contributed by atoms with Crippen LogP contribution in [0.1, 0.15) is 46.0 Å². The van der Waals surface area contributed by atoms with E-state index in [9.17, 15) is 13.2 Å². The Hall–Kier alpha value is -0.620. The molecule has 0 unspecified atom stereocenters. The molecule has 1 aliphatic carbocycles. The molecule has 1 atom stereocenters. The summed E-state index contributed by atoms with van der Waals surface area (Å²) in [5, 5.41) is 8.69. The van der Waals surface area contributed by atoms with E-state index in [1.165, 1.54) is 6.92 Å². The molecule has 0 heterocycles. The van der Waals surface area contributed by atoms with Crippen LogP contribution in [0.3, 0.4) is 0 Å². The van der Waals surface area contributed by atoms with E-state index >= 15 is 0 Å². The molecule has 0 aliphatic heterocycles. The molecule has 100 valence electrons. The topological polar surface area (TPSA) is 83.5 Å². The Labute approximate surface area is 103 Å². The van der Waals surface area contributed by atoms with Gasteiger partial charge in [-0.05, 0) is 25.2 Å². The van der Waals surface area contributed by atoms with Crippen molar-refractivity contribution in [1.82, 2.24) is 4.72 Å². The van der Waals surface area contributed by atoms with Crippen LogP contribution in [-0.4, -0.2) is 31.3 Å². The number of sulfonamides is 1. The Morgan fingerprint density at radius 1 is 1.35 bits per heavy atom. The SMILES string of the molecule is C[C@H](NS(=O)(=O)CC1(C)CCCCC1)C(=O)O. The first-order chi connectivity index (χ1) is 7.74. The van der Waals surface area contributed by atoms with Crippen LogP contribution >= 0.6 is 0 Å². The Morgan fingerprint density at radius 2 is 1.88 bits per heavy atom. The second kappa shape index (κ2) is 5.35. The minimum absolute atomic E-state index is 0.0254. The summed E-state index contributed by atoms with van der Waals surface area (Å²) >= 11 is 0. The van der Waals surface area contributed by atoms with Gasteiger partial charge in [0.25, 0.3) is 0 Å². The lowest BCUT2D eigenvalue weighted by Crippen LogP contribution is -2.43. The molecule has 1 rings (SSSR count). The molecule has 0 aromatic carbocycles. The van der Waals surface area contributed by atoms with Crippen molar-refractivity contribution in [1.29, 1.82) is 0 Å². The van der Waals surface area contributed by atoms with Crippen LogP contribution in [-0.2, 0) is 14.8 Å². The molecular formula is C11H21NO4S. The minimum atomic E-state index is -3.51. The van der Waals surface area contributed by atoms with Gasteiger partial charge in [0.05, 0.1) is 5.75 Å². The first-order valence-electron chi connectivity index (χ1n) is 5.97. The summed E-state index contributed by atoms with van der Waals surface area (Å²) in [4.78, 5) is 10.6. The fourth-order valence-electron chi connectivity index (χ4n) is 2.37. The van der Waals surface area contributed by atoms with Crippen molar-refractivity contribution in [3.8, 4) is 0 Å². The molecule has 0 spiro atoms. The van der Waals surface area contributed by atoms with Crippen molar-refractivity contribution >= 4 is 16.0 Å². The third-order valence-corrected chi connectivity index (χ3v) is 5.12. The number of carbonyl (C=O) groups is 1. The van der Waals surface area contributed by atoms with Crippen LogP contribution in [0.2, 0.25) is 0 Å². The van der Waals surface area contributed by atoms with Crippen LogP contribution in [0.25, 0.3) is 0 Å². The highest BCUT2D eigenvalue weighted by Crippen LogP contribution is 2.36. The van der Waals surface area contributed by atoms with E-state index in [1.54, 1.807) is 0 Å². The van der Waals surface area contributed by atoms with Gasteiger partial charge < -0.3 is 5.11 Å². The molecule has 6 heteroatoms. The Bertz CT molecular complexity index is 371. The fourth-order valence-corrected chi connectivity index (χ4v) is 4.30. The van der Waals surface area contributed by atoms with Gasteiger partial charge >= 0.3 is 5.97 Å². The maximum atomic E-state index is 11.8. The van der Waals surface area contributed by atoms with Gasteiger partial charge in [0.1, 0.15) is 6.04 Å². The summed E-state index contributed by atoms with van der Waals surface area (Å²) in [5.74, 6) is -1.13. The van der Waals surface area contributed by atoms with Gasteiger partial charge in [0.2, 0.25) is 10.0 Å². The van der Waals surface area contributed by atoms with Gasteiger partial charge in [-0.3, -0.25) is 4.79 Å². The number of hydrogen-bond donors (Lipinski definition) is 2. The summed E-state index contributed by atoms with van der Waals surface area (Å²) in [6.45, 7) is 3.31. The van der Waals surface area contributed by atoms with Gasteiger partial charge in [-0.1, -0.05) is 26.2 Å². The van der Waals surface area contributed by atoms with Crippen LogP contribution < -0.4 is 4.72 Å². The second-order valence-electron chi connectivity index (χ2n) is 5.31. The van der Waals surface area contributed by atoms with Crippen molar-refractivity contribution in [2.45, 2.75) is 52.0 Å². The monoisotopic (exact) mass is 263 g/mol. The summed E-state index contributed by atoms with van der Waals surface area (Å²) in [7, 11) is -3.51. The standard InChI is InChI=1S/C11H21NO4S/c1-9(10(13)14)12-17(15,16)8-11(2)6-4-3-5-7-11/h9,12H,3-8H2,1-2H3,(H,13,14)/t9-/m0/s1. The number of carboxylic acid groups (broad SMARTS) is 1. The van der Waals surface area contributed by atoms with Crippen LogP contribution in [0.4, 0.5) is 0 Å². The molecule has 0 amide bonds. The number of nitrogens with one attached hydrogen (secondary N) is 1. The van der Waals surface area contributed by atoms with E-state index in [4.69, 9.17) is 5.11 Å². The van der Waals surface area contributed by atoms with Gasteiger partial charge in [-0.15, -0.1) is 0 Å². The largest absolute Gasteiger partial charge is 0.480 e. The molecule has 5 nitrogen and oxygen atoms in total. The number of rotatable bonds is 5. The van der Waals surface area contributed by atoms with Gasteiger partial charge in [-0.2, -0.15) is 0 Å². The third kappa shape index (κ3) is 4.63. The molecule has 1 aliphatic rings. The first-order valence-corrected chi connectivity index (χ1v) is 7.62. The molecule has 17 heavy (non-hydrogen) atoms. The van der Waals surface area contributed by atoms with Gasteiger partial charge in [-0.25, -0.2) is 13.1 Å². The molecule has 0 bridgehead atoms. The molecule has 2 N–H and O–H groups in total. The zero-order valence-corrected chi connectivity index (χ0v) is 11.2. The highest BCUT2D eigenvalue weighted by atomic mass is 32.2. The highest BCUT2D eigenvalue weighted by molar-refractivity contribution is 7.89. The molecule has 1 saturated carbocycles. The molecule has 0 aromatic rings. The fraction of sp³-hybridized carbons (Fsp3) is 0.909. The number of aliphatic carboxylic acids is 1. The van der Waals surface area contributed by atoms with E-state index in [0.29, 0.717) is 0 Å². The summed E-state index contributed by atoms with van der Waals surface area (Å²) < 4.78 is 25.9. The maximum absolute atomic E-state index is 11.8. The van der Waals surface area contributed by atoms with E-state index in [2.05, 4.69) is 4.72 Å². The molecule has 1 fully saturated rings. The highest BCUT2D eigenvalue weighted by Gasteiger charge is 2.33. The normalized spacial score (nSPS) is 22.0. The zero-order chi connectivity index (χ0) is 13.1. The second-order valence-corrected chi connectivity index (χ2v) is 7.06. The van der Waals surface area contributed by atoms with Crippen molar-refractivity contribution < 1.29 is 18.3 Å². The summed E-state index contributed by atoms with van der Waals surface area (Å²) in [6.07, 6.45) is 5.07. The van der Waals surface area contributed by atoms with Crippen molar-refractivity contribution in [2.24, 2.45) is 5.41 Å². The lowest BCUT2D eigenvalue weighted by Gasteiger charge is -2.33. The molecule has 0 saturated heterocycles. The maximum Gasteiger partial charge on any atom is 0.321 e. The van der Waals surface area contributed by atoms with Crippen molar-refractivity contribution in [3.05, 3.63) is 0 Å². The van der Waals surface area contributed by atoms with E-state index in [1.807, 2.05) is 6.92 Å². The average Bonchev–Trinajstić information content (AvgIpc) is 2.15. The van der Waals surface area contributed by atoms with Crippen molar-refractivity contribution in [2.75, 3.05) is 5.75 Å². The zero-order valence-electron chi connectivity index (χ0n) is 10.4. The predicted octanol–water partition coefficient (Wildman–Crippen LogP) is 1.35. The van der Waals surface area contributed by atoms with Crippen LogP contribution in [0.15, 0.2) is 0 Å². The summed E-state index contributed by atoms with van der Waals surface area (Å²) in [5.41, 5.74) is -0.206. The Morgan fingerprint density at radius 3 is 2.35 bits per heavy atom. The van der Waals surface area contributed by atoms with E-state index in [0.717, 1.165) is 32.1 Å². The van der Waals surface area contributed by atoms with Crippen LogP contribution in [0.5, 0.6) is 0 Å². The molecular weight excluding hydrogens is 242 g/mol. The van der Waals surface area contributed by atoms with E-state index in [-0.39, 0.29) is 11.2 Å². The summed E-state index contributed by atoms with van der Waals surface area (Å²) in [6, 6.07) is -1.06. The minimum Gasteiger partial charge on any atom is -0.480 e. The van der Waals surface area contributed by atoms with Crippen LogP contribution in [0, 0.1) is 5.41 Å². The number of hydrogen-bond acceptors (Lipinski definition) is 3. The predicted molar refractivity (Wildman–Crippen MR) is 65.2 cm³/mol.